The fraction of sp³-hybridized carbons (Fsp3) is 0.600. The van der Waals surface area contributed by atoms with Crippen LogP contribution in [0.25, 0.3) is 0 Å². The van der Waals surface area contributed by atoms with E-state index in [1.165, 1.54) is 32.1 Å². The molecule has 1 N–H and O–H groups in total. The van der Waals surface area contributed by atoms with Gasteiger partial charge in [-0.05, 0) is 30.9 Å². The summed E-state index contributed by atoms with van der Waals surface area (Å²) in [5.41, 5.74) is 1.15. The van der Waals surface area contributed by atoms with Crippen molar-refractivity contribution in [1.29, 1.82) is 0 Å². The van der Waals surface area contributed by atoms with E-state index in [-0.39, 0.29) is 0 Å². The van der Waals surface area contributed by atoms with Crippen molar-refractivity contribution in [3.8, 4) is 11.5 Å². The van der Waals surface area contributed by atoms with E-state index in [1.807, 2.05) is 6.07 Å². The number of hydrogen-bond donors (Lipinski definition) is 1. The minimum atomic E-state index is 0.347. The third-order valence-electron chi connectivity index (χ3n) is 4.10. The van der Waals surface area contributed by atoms with Gasteiger partial charge in [0.2, 0.25) is 6.79 Å². The lowest BCUT2D eigenvalue weighted by Gasteiger charge is -2.29. The van der Waals surface area contributed by atoms with Crippen molar-refractivity contribution in [2.75, 3.05) is 12.1 Å². The van der Waals surface area contributed by atoms with Gasteiger partial charge in [0.25, 0.3) is 0 Å². The van der Waals surface area contributed by atoms with Crippen molar-refractivity contribution in [3.63, 3.8) is 0 Å². The van der Waals surface area contributed by atoms with Gasteiger partial charge in [-0.3, -0.25) is 0 Å². The highest BCUT2D eigenvalue weighted by Crippen LogP contribution is 2.35. The van der Waals surface area contributed by atoms with Gasteiger partial charge < -0.3 is 14.8 Å². The van der Waals surface area contributed by atoms with Gasteiger partial charge in [0.1, 0.15) is 0 Å². The first-order chi connectivity index (χ1) is 8.85. The van der Waals surface area contributed by atoms with Crippen LogP contribution in [0, 0.1) is 5.92 Å². The molecule has 1 heterocycles. The smallest absolute Gasteiger partial charge is 0.231 e. The van der Waals surface area contributed by atoms with Crippen molar-refractivity contribution < 1.29 is 9.47 Å². The number of hydrogen-bond acceptors (Lipinski definition) is 3. The standard InChI is InChI=1S/C15H21NO2/c1-2-11-4-3-5-12(8-11)16-13-6-7-14-15(9-13)18-10-17-14/h6-7,9,11-12,16H,2-5,8,10H2,1H3. The number of benzene rings is 1. The molecule has 0 radical (unpaired) electrons. The highest BCUT2D eigenvalue weighted by molar-refractivity contribution is 5.56. The molecule has 18 heavy (non-hydrogen) atoms. The largest absolute Gasteiger partial charge is 0.454 e. The Bertz CT molecular complexity index is 419. The molecule has 0 amide bonds. The molecular formula is C15H21NO2. The second-order valence-electron chi connectivity index (χ2n) is 5.35. The Morgan fingerprint density at radius 1 is 1.22 bits per heavy atom. The first-order valence-corrected chi connectivity index (χ1v) is 7.01. The molecule has 2 atom stereocenters. The van der Waals surface area contributed by atoms with Crippen LogP contribution < -0.4 is 14.8 Å². The Morgan fingerprint density at radius 3 is 3.00 bits per heavy atom. The predicted molar refractivity (Wildman–Crippen MR) is 72.2 cm³/mol. The maximum Gasteiger partial charge on any atom is 0.231 e. The highest BCUT2D eigenvalue weighted by atomic mass is 16.7. The second-order valence-corrected chi connectivity index (χ2v) is 5.35. The van der Waals surface area contributed by atoms with Crippen LogP contribution in [0.4, 0.5) is 5.69 Å². The lowest BCUT2D eigenvalue weighted by Crippen LogP contribution is -2.26. The summed E-state index contributed by atoms with van der Waals surface area (Å²) in [5.74, 6) is 2.61. The normalized spacial score (nSPS) is 26.1. The number of anilines is 1. The summed E-state index contributed by atoms with van der Waals surface area (Å²) in [6.07, 6.45) is 6.63. The van der Waals surface area contributed by atoms with Gasteiger partial charge >= 0.3 is 0 Å². The molecule has 0 spiro atoms. The lowest BCUT2D eigenvalue weighted by atomic mass is 9.84. The Hall–Kier alpha value is -1.38. The summed E-state index contributed by atoms with van der Waals surface area (Å²) in [4.78, 5) is 0. The zero-order valence-electron chi connectivity index (χ0n) is 10.9. The van der Waals surface area contributed by atoms with Crippen LogP contribution in [0.1, 0.15) is 39.0 Å². The van der Waals surface area contributed by atoms with Gasteiger partial charge in [-0.2, -0.15) is 0 Å². The van der Waals surface area contributed by atoms with Gasteiger partial charge in [-0.1, -0.05) is 26.2 Å². The average molecular weight is 247 g/mol. The monoisotopic (exact) mass is 247 g/mol. The van der Waals surface area contributed by atoms with Crippen molar-refractivity contribution in [2.24, 2.45) is 5.92 Å². The summed E-state index contributed by atoms with van der Waals surface area (Å²) in [6, 6.07) is 6.75. The molecule has 1 saturated carbocycles. The van der Waals surface area contributed by atoms with E-state index < -0.39 is 0 Å². The maximum absolute atomic E-state index is 5.41. The quantitative estimate of drug-likeness (QED) is 0.881. The van der Waals surface area contributed by atoms with Crippen LogP contribution in [0.15, 0.2) is 18.2 Å². The van der Waals surface area contributed by atoms with Crippen LogP contribution in [-0.4, -0.2) is 12.8 Å². The van der Waals surface area contributed by atoms with E-state index in [0.29, 0.717) is 12.8 Å². The minimum Gasteiger partial charge on any atom is -0.454 e. The molecule has 1 fully saturated rings. The topological polar surface area (TPSA) is 30.5 Å². The molecule has 0 bridgehead atoms. The summed E-state index contributed by atoms with van der Waals surface area (Å²) in [5, 5.41) is 3.64. The Kier molecular flexibility index (Phi) is 3.31. The molecule has 0 aromatic heterocycles. The molecule has 1 aromatic rings. The first kappa shape index (κ1) is 11.7. The van der Waals surface area contributed by atoms with Gasteiger partial charge in [0, 0.05) is 17.8 Å². The molecule has 3 rings (SSSR count). The first-order valence-electron chi connectivity index (χ1n) is 7.01. The maximum atomic E-state index is 5.41. The lowest BCUT2D eigenvalue weighted by molar-refractivity contribution is 0.174. The third-order valence-corrected chi connectivity index (χ3v) is 4.10. The van der Waals surface area contributed by atoms with Gasteiger partial charge in [0.05, 0.1) is 0 Å². The number of nitrogens with one attached hydrogen (secondary N) is 1. The van der Waals surface area contributed by atoms with Crippen molar-refractivity contribution in [1.82, 2.24) is 0 Å². The van der Waals surface area contributed by atoms with Crippen molar-refractivity contribution >= 4 is 5.69 Å². The van der Waals surface area contributed by atoms with Crippen LogP contribution in [0.5, 0.6) is 11.5 Å². The third kappa shape index (κ3) is 2.40. The fourth-order valence-electron chi connectivity index (χ4n) is 3.01. The van der Waals surface area contributed by atoms with Gasteiger partial charge in [-0.15, -0.1) is 0 Å². The summed E-state index contributed by atoms with van der Waals surface area (Å²) >= 11 is 0. The molecular weight excluding hydrogens is 226 g/mol. The Labute approximate surface area is 108 Å². The number of fused-ring (bicyclic) bond motifs is 1. The van der Waals surface area contributed by atoms with Crippen LogP contribution in [0.3, 0.4) is 0 Å². The van der Waals surface area contributed by atoms with Crippen LogP contribution in [-0.2, 0) is 0 Å². The second kappa shape index (κ2) is 5.09. The summed E-state index contributed by atoms with van der Waals surface area (Å²) < 4.78 is 10.7. The minimum absolute atomic E-state index is 0.347. The van der Waals surface area contributed by atoms with Crippen LogP contribution >= 0.6 is 0 Å². The molecule has 0 saturated heterocycles. The Morgan fingerprint density at radius 2 is 2.11 bits per heavy atom. The van der Waals surface area contributed by atoms with E-state index in [9.17, 15) is 0 Å². The molecule has 1 aliphatic carbocycles. The molecule has 3 heteroatoms. The summed E-state index contributed by atoms with van der Waals surface area (Å²) in [6.45, 7) is 2.65. The highest BCUT2D eigenvalue weighted by Gasteiger charge is 2.21. The van der Waals surface area contributed by atoms with Crippen molar-refractivity contribution in [2.45, 2.75) is 45.1 Å². The average Bonchev–Trinajstić information content (AvgIpc) is 2.86. The zero-order valence-corrected chi connectivity index (χ0v) is 10.9. The Balaban J connectivity index is 1.65. The SMILES string of the molecule is CCC1CCCC(Nc2ccc3c(c2)OCO3)C1. The fourth-order valence-corrected chi connectivity index (χ4v) is 3.01. The summed E-state index contributed by atoms with van der Waals surface area (Å²) in [7, 11) is 0. The van der Waals surface area contributed by atoms with Crippen LogP contribution in [0.2, 0.25) is 0 Å². The molecule has 3 nitrogen and oxygen atoms in total. The number of ether oxygens (including phenoxy) is 2. The van der Waals surface area contributed by atoms with Gasteiger partial charge in [-0.25, -0.2) is 0 Å². The zero-order chi connectivity index (χ0) is 12.4. The molecule has 1 aromatic carbocycles. The molecule has 98 valence electrons. The van der Waals surface area contributed by atoms with Gasteiger partial charge in [0.15, 0.2) is 11.5 Å². The van der Waals surface area contributed by atoms with Crippen molar-refractivity contribution in [3.05, 3.63) is 18.2 Å². The van der Waals surface area contributed by atoms with E-state index in [2.05, 4.69) is 24.4 Å². The van der Waals surface area contributed by atoms with E-state index >= 15 is 0 Å². The van der Waals surface area contributed by atoms with E-state index in [4.69, 9.17) is 9.47 Å². The molecule has 1 aliphatic heterocycles. The molecule has 2 aliphatic rings. The van der Waals surface area contributed by atoms with E-state index in [1.54, 1.807) is 0 Å². The number of rotatable bonds is 3. The van der Waals surface area contributed by atoms with E-state index in [0.717, 1.165) is 23.1 Å². The molecule has 2 unspecified atom stereocenters. The predicted octanol–water partition coefficient (Wildman–Crippen LogP) is 3.80.